The molecule has 1 fully saturated rings. The number of fused-ring (bicyclic) bond motifs is 1. The van der Waals surface area contributed by atoms with E-state index >= 15 is 0 Å². The van der Waals surface area contributed by atoms with Gasteiger partial charge in [-0.3, -0.25) is 0 Å². The monoisotopic (exact) mass is 421 g/mol. The number of hydrogen-bond donors (Lipinski definition) is 1. The molecule has 7 nitrogen and oxygen atoms in total. The Hall–Kier alpha value is -2.41. The van der Waals surface area contributed by atoms with Gasteiger partial charge in [-0.2, -0.15) is 0 Å². The molecule has 0 unspecified atom stereocenters. The second-order valence-electron chi connectivity index (χ2n) is 7.63. The Morgan fingerprint density at radius 1 is 1.24 bits per heavy atom. The number of aliphatic hydroxyl groups is 1. The molecule has 1 aromatic carbocycles. The van der Waals surface area contributed by atoms with Crippen molar-refractivity contribution in [2.24, 2.45) is 5.16 Å². The molecule has 2 heterocycles. The molecule has 156 valence electrons. The van der Waals surface area contributed by atoms with Gasteiger partial charge in [-0.1, -0.05) is 16.8 Å². The number of oxime groups is 1. The van der Waals surface area contributed by atoms with Crippen molar-refractivity contribution in [3.63, 3.8) is 0 Å². The van der Waals surface area contributed by atoms with E-state index in [2.05, 4.69) is 5.16 Å². The molecule has 0 radical (unpaired) electrons. The van der Waals surface area contributed by atoms with E-state index < -0.39 is 5.60 Å². The summed E-state index contributed by atoms with van der Waals surface area (Å²) in [7, 11) is 0. The third-order valence-electron chi connectivity index (χ3n) is 5.58. The quantitative estimate of drug-likeness (QED) is 0.294. The zero-order valence-corrected chi connectivity index (χ0v) is 16.9. The molecule has 4 rings (SSSR count). The lowest BCUT2D eigenvalue weighted by atomic mass is 9.90. The number of aliphatic hydroxyl groups excluding tert-OH is 1. The largest absolute Gasteiger partial charge is 0.512 e. The first-order valence-electron chi connectivity index (χ1n) is 9.92. The molecule has 2 aliphatic heterocycles. The van der Waals surface area contributed by atoms with E-state index in [1.165, 1.54) is 0 Å². The SMILES string of the molecule is O=C1OC2(CCCC2)CC(O)=C1CCCC=NOCc1cc2c(cc1Cl)OCO2. The minimum absolute atomic E-state index is 0.189. The van der Waals surface area contributed by atoms with Gasteiger partial charge in [0.2, 0.25) is 6.79 Å². The van der Waals surface area contributed by atoms with Gasteiger partial charge in [-0.25, -0.2) is 4.79 Å². The summed E-state index contributed by atoms with van der Waals surface area (Å²) in [6.07, 6.45) is 7.60. The van der Waals surface area contributed by atoms with Crippen LogP contribution in [0.4, 0.5) is 0 Å². The smallest absolute Gasteiger partial charge is 0.337 e. The predicted octanol–water partition coefficient (Wildman–Crippen LogP) is 4.81. The highest BCUT2D eigenvalue weighted by Gasteiger charge is 2.43. The van der Waals surface area contributed by atoms with Crippen molar-refractivity contribution in [1.29, 1.82) is 0 Å². The topological polar surface area (TPSA) is 86.6 Å². The van der Waals surface area contributed by atoms with Crippen molar-refractivity contribution in [2.45, 2.75) is 63.6 Å². The lowest BCUT2D eigenvalue weighted by molar-refractivity contribution is -0.158. The molecular formula is C21H24ClNO6. The summed E-state index contributed by atoms with van der Waals surface area (Å²) in [6, 6.07) is 3.48. The third kappa shape index (κ3) is 4.45. The molecule has 29 heavy (non-hydrogen) atoms. The van der Waals surface area contributed by atoms with Crippen molar-refractivity contribution < 1.29 is 28.9 Å². The number of hydrogen-bond acceptors (Lipinski definition) is 7. The molecule has 1 spiro atoms. The normalized spacial score (nSPS) is 20.0. The van der Waals surface area contributed by atoms with Crippen LogP contribution < -0.4 is 9.47 Å². The Morgan fingerprint density at radius 2 is 2.00 bits per heavy atom. The highest BCUT2D eigenvalue weighted by Crippen LogP contribution is 2.42. The van der Waals surface area contributed by atoms with Crippen molar-refractivity contribution in [3.8, 4) is 11.5 Å². The Morgan fingerprint density at radius 3 is 2.76 bits per heavy atom. The summed E-state index contributed by atoms with van der Waals surface area (Å²) in [5.74, 6) is 1.08. The maximum Gasteiger partial charge on any atom is 0.337 e. The molecular weight excluding hydrogens is 398 g/mol. The maximum atomic E-state index is 12.3. The summed E-state index contributed by atoms with van der Waals surface area (Å²) in [5, 5.41) is 14.8. The fraction of sp³-hybridized carbons (Fsp3) is 0.524. The molecule has 8 heteroatoms. The summed E-state index contributed by atoms with van der Waals surface area (Å²) in [5.41, 5.74) is 0.689. The minimum Gasteiger partial charge on any atom is -0.512 e. The van der Waals surface area contributed by atoms with E-state index in [0.29, 0.717) is 47.8 Å². The van der Waals surface area contributed by atoms with Crippen LogP contribution in [0.2, 0.25) is 5.02 Å². The summed E-state index contributed by atoms with van der Waals surface area (Å²) in [4.78, 5) is 17.6. The van der Waals surface area contributed by atoms with Crippen molar-refractivity contribution in [2.75, 3.05) is 6.79 Å². The Balaban J connectivity index is 1.21. The molecule has 1 saturated carbocycles. The number of ether oxygens (including phenoxy) is 3. The van der Waals surface area contributed by atoms with Crippen LogP contribution in [0.1, 0.15) is 56.9 Å². The molecule has 0 amide bonds. The van der Waals surface area contributed by atoms with Crippen LogP contribution >= 0.6 is 11.6 Å². The van der Waals surface area contributed by atoms with E-state index in [9.17, 15) is 9.90 Å². The summed E-state index contributed by atoms with van der Waals surface area (Å²) >= 11 is 6.19. The van der Waals surface area contributed by atoms with E-state index in [4.69, 9.17) is 30.6 Å². The first-order chi connectivity index (χ1) is 14.1. The fourth-order valence-electron chi connectivity index (χ4n) is 4.02. The Bertz CT molecular complexity index is 844. The molecule has 0 atom stereocenters. The van der Waals surface area contributed by atoms with Crippen LogP contribution in [0, 0.1) is 0 Å². The van der Waals surface area contributed by atoms with Crippen molar-refractivity contribution in [3.05, 3.63) is 34.1 Å². The molecule has 3 aliphatic rings. The van der Waals surface area contributed by atoms with Crippen LogP contribution in [0.5, 0.6) is 11.5 Å². The van der Waals surface area contributed by atoms with Gasteiger partial charge in [0.1, 0.15) is 18.0 Å². The van der Waals surface area contributed by atoms with Gasteiger partial charge in [0.05, 0.1) is 10.6 Å². The highest BCUT2D eigenvalue weighted by atomic mass is 35.5. The second-order valence-corrected chi connectivity index (χ2v) is 8.04. The van der Waals surface area contributed by atoms with Crippen molar-refractivity contribution >= 4 is 23.8 Å². The summed E-state index contributed by atoms with van der Waals surface area (Å²) < 4.78 is 16.2. The zero-order valence-electron chi connectivity index (χ0n) is 16.1. The van der Waals surface area contributed by atoms with Crippen LogP contribution in [0.3, 0.4) is 0 Å². The van der Waals surface area contributed by atoms with E-state index in [-0.39, 0.29) is 25.1 Å². The van der Waals surface area contributed by atoms with Gasteiger partial charge < -0.3 is 24.2 Å². The average Bonchev–Trinajstić information content (AvgIpc) is 3.32. The van der Waals surface area contributed by atoms with Gasteiger partial charge in [-0.05, 0) is 51.0 Å². The van der Waals surface area contributed by atoms with Gasteiger partial charge in [-0.15, -0.1) is 0 Å². The third-order valence-corrected chi connectivity index (χ3v) is 5.93. The Labute approximate surface area is 174 Å². The molecule has 0 bridgehead atoms. The van der Waals surface area contributed by atoms with Crippen molar-refractivity contribution in [1.82, 2.24) is 0 Å². The number of unbranched alkanes of at least 4 members (excludes halogenated alkanes) is 1. The number of esters is 1. The van der Waals surface area contributed by atoms with Gasteiger partial charge >= 0.3 is 5.97 Å². The van der Waals surface area contributed by atoms with E-state index in [1.807, 2.05) is 0 Å². The zero-order chi connectivity index (χ0) is 20.3. The number of halogens is 1. The van der Waals surface area contributed by atoms with Gasteiger partial charge in [0.15, 0.2) is 11.5 Å². The van der Waals surface area contributed by atoms with E-state index in [0.717, 1.165) is 31.2 Å². The number of nitrogens with zero attached hydrogens (tertiary/aromatic N) is 1. The van der Waals surface area contributed by atoms with Crippen LogP contribution in [-0.4, -0.2) is 29.7 Å². The Kier molecular flexibility index (Phi) is 5.85. The molecule has 1 aromatic rings. The number of carbonyl (C=O) groups excluding carboxylic acids is 1. The van der Waals surface area contributed by atoms with Gasteiger partial charge in [0.25, 0.3) is 0 Å². The standard InChI is InChI=1S/C21H24ClNO6/c22-16-10-19-18(26-13-27-19)9-14(16)12-28-23-8-4-1-5-15-17(24)11-21(29-20(15)25)6-2-3-7-21/h8-10,24H,1-7,11-13H2. The maximum absolute atomic E-state index is 12.3. The molecule has 1 N–H and O–H groups in total. The first kappa shape index (κ1) is 19.9. The lowest BCUT2D eigenvalue weighted by Crippen LogP contribution is -2.37. The second kappa shape index (κ2) is 8.53. The van der Waals surface area contributed by atoms with Gasteiger partial charge in [0, 0.05) is 24.3 Å². The highest BCUT2D eigenvalue weighted by molar-refractivity contribution is 6.31. The predicted molar refractivity (Wildman–Crippen MR) is 106 cm³/mol. The number of carbonyl (C=O) groups is 1. The molecule has 0 saturated heterocycles. The molecule has 1 aliphatic carbocycles. The number of rotatable bonds is 7. The minimum atomic E-state index is -0.462. The average molecular weight is 422 g/mol. The first-order valence-corrected chi connectivity index (χ1v) is 10.3. The number of benzene rings is 1. The molecule has 0 aromatic heterocycles. The van der Waals surface area contributed by atoms with E-state index in [1.54, 1.807) is 18.3 Å². The lowest BCUT2D eigenvalue weighted by Gasteiger charge is -2.33. The van der Waals surface area contributed by atoms with Crippen LogP contribution in [0.25, 0.3) is 0 Å². The van der Waals surface area contributed by atoms with Crippen LogP contribution in [0.15, 0.2) is 28.6 Å². The van der Waals surface area contributed by atoms with Crippen LogP contribution in [-0.2, 0) is 21.0 Å². The summed E-state index contributed by atoms with van der Waals surface area (Å²) in [6.45, 7) is 0.404. The fourth-order valence-corrected chi connectivity index (χ4v) is 4.23.